The molecule has 0 radical (unpaired) electrons. The second kappa shape index (κ2) is 7.77. The second-order valence-electron chi connectivity index (χ2n) is 6.80. The van der Waals surface area contributed by atoms with Crippen molar-refractivity contribution in [2.24, 2.45) is 11.8 Å². The van der Waals surface area contributed by atoms with E-state index in [2.05, 4.69) is 43.5 Å². The van der Waals surface area contributed by atoms with E-state index in [0.717, 1.165) is 18.0 Å². The Morgan fingerprint density at radius 2 is 1.91 bits per heavy atom. The van der Waals surface area contributed by atoms with Crippen LogP contribution in [0.4, 0.5) is 5.69 Å². The molecule has 2 rings (SSSR count). The maximum absolute atomic E-state index is 12.4. The van der Waals surface area contributed by atoms with Gasteiger partial charge in [-0.2, -0.15) is 0 Å². The molecule has 3 heteroatoms. The molecule has 0 spiro atoms. The number of anilines is 1. The molecule has 0 unspecified atom stereocenters. The van der Waals surface area contributed by atoms with Crippen molar-refractivity contribution in [3.63, 3.8) is 0 Å². The van der Waals surface area contributed by atoms with Crippen LogP contribution in [-0.4, -0.2) is 18.0 Å². The molecule has 2 N–H and O–H groups in total. The lowest BCUT2D eigenvalue weighted by molar-refractivity contribution is -0.118. The highest BCUT2D eigenvalue weighted by molar-refractivity contribution is 5.94. The highest BCUT2D eigenvalue weighted by Gasteiger charge is 2.29. The number of hydrogen-bond acceptors (Lipinski definition) is 2. The summed E-state index contributed by atoms with van der Waals surface area (Å²) in [5.74, 6) is 1.42. The fraction of sp³-hybridized carbons (Fsp3) is 0.632. The molecule has 0 heterocycles. The van der Waals surface area contributed by atoms with Crippen molar-refractivity contribution in [1.29, 1.82) is 0 Å². The molecule has 122 valence electrons. The Hall–Kier alpha value is -1.35. The quantitative estimate of drug-likeness (QED) is 0.863. The van der Waals surface area contributed by atoms with Crippen LogP contribution in [0.2, 0.25) is 0 Å². The summed E-state index contributed by atoms with van der Waals surface area (Å²) in [5, 5.41) is 6.54. The summed E-state index contributed by atoms with van der Waals surface area (Å²) in [7, 11) is 0. The summed E-state index contributed by atoms with van der Waals surface area (Å²) in [6.45, 7) is 8.71. The Morgan fingerprint density at radius 3 is 2.55 bits per heavy atom. The molecule has 1 aliphatic rings. The molecular weight excluding hydrogens is 272 g/mol. The second-order valence-corrected chi connectivity index (χ2v) is 6.80. The van der Waals surface area contributed by atoms with E-state index < -0.39 is 0 Å². The number of aryl methyl sites for hydroxylation is 1. The van der Waals surface area contributed by atoms with Crippen molar-refractivity contribution >= 4 is 11.6 Å². The van der Waals surface area contributed by atoms with Gasteiger partial charge in [0.15, 0.2) is 0 Å². The summed E-state index contributed by atoms with van der Waals surface area (Å²) >= 11 is 0. The third-order valence-corrected chi connectivity index (χ3v) is 5.19. The van der Waals surface area contributed by atoms with Crippen LogP contribution >= 0.6 is 0 Å². The first-order valence-electron chi connectivity index (χ1n) is 8.67. The Balaban J connectivity index is 1.88. The highest BCUT2D eigenvalue weighted by Crippen LogP contribution is 2.29. The largest absolute Gasteiger partial charge is 0.325 e. The lowest BCUT2D eigenvalue weighted by Gasteiger charge is -2.36. The van der Waals surface area contributed by atoms with Gasteiger partial charge in [0.05, 0.1) is 6.04 Å². The van der Waals surface area contributed by atoms with E-state index in [9.17, 15) is 4.79 Å². The Labute approximate surface area is 134 Å². The minimum absolute atomic E-state index is 0.0506. The third kappa shape index (κ3) is 4.33. The van der Waals surface area contributed by atoms with Crippen LogP contribution in [0.3, 0.4) is 0 Å². The molecule has 1 aliphatic carbocycles. The van der Waals surface area contributed by atoms with Crippen LogP contribution in [-0.2, 0) is 11.2 Å². The number of amides is 1. The maximum Gasteiger partial charge on any atom is 0.241 e. The number of carbonyl (C=O) groups excluding carboxylic acids is 1. The molecule has 22 heavy (non-hydrogen) atoms. The Bertz CT molecular complexity index is 483. The average Bonchev–Trinajstić information content (AvgIpc) is 2.52. The van der Waals surface area contributed by atoms with Crippen LogP contribution in [0.25, 0.3) is 0 Å². The van der Waals surface area contributed by atoms with E-state index in [1.807, 2.05) is 19.1 Å². The molecular formula is C19H30N2O. The van der Waals surface area contributed by atoms with E-state index in [1.165, 1.54) is 24.8 Å². The zero-order chi connectivity index (χ0) is 16.1. The first kappa shape index (κ1) is 17.0. The lowest BCUT2D eigenvalue weighted by atomic mass is 9.78. The van der Waals surface area contributed by atoms with Crippen molar-refractivity contribution in [2.75, 3.05) is 5.32 Å². The summed E-state index contributed by atoms with van der Waals surface area (Å²) in [5.41, 5.74) is 2.16. The molecule has 4 atom stereocenters. The molecule has 1 amide bonds. The predicted molar refractivity (Wildman–Crippen MR) is 93.0 cm³/mol. The zero-order valence-electron chi connectivity index (χ0n) is 14.4. The van der Waals surface area contributed by atoms with Gasteiger partial charge in [0.25, 0.3) is 0 Å². The van der Waals surface area contributed by atoms with Gasteiger partial charge in [0.2, 0.25) is 5.91 Å². The van der Waals surface area contributed by atoms with Crippen molar-refractivity contribution in [2.45, 2.75) is 65.5 Å². The zero-order valence-corrected chi connectivity index (χ0v) is 14.4. The normalized spacial score (nSPS) is 26.5. The van der Waals surface area contributed by atoms with Gasteiger partial charge >= 0.3 is 0 Å². The highest BCUT2D eigenvalue weighted by atomic mass is 16.2. The molecule has 3 nitrogen and oxygen atoms in total. The van der Waals surface area contributed by atoms with Gasteiger partial charge in [-0.05, 0) is 49.3 Å². The first-order chi connectivity index (χ1) is 10.5. The summed E-state index contributed by atoms with van der Waals surface area (Å²) in [6, 6.07) is 8.39. The summed E-state index contributed by atoms with van der Waals surface area (Å²) < 4.78 is 0. The van der Waals surface area contributed by atoms with Crippen molar-refractivity contribution < 1.29 is 4.79 Å². The van der Waals surface area contributed by atoms with E-state index in [0.29, 0.717) is 12.0 Å². The smallest absolute Gasteiger partial charge is 0.241 e. The van der Waals surface area contributed by atoms with Gasteiger partial charge in [-0.1, -0.05) is 45.7 Å². The molecule has 1 aromatic rings. The van der Waals surface area contributed by atoms with Gasteiger partial charge in [0, 0.05) is 11.7 Å². The first-order valence-corrected chi connectivity index (χ1v) is 8.67. The number of nitrogens with one attached hydrogen (secondary N) is 2. The van der Waals surface area contributed by atoms with Gasteiger partial charge in [-0.15, -0.1) is 0 Å². The van der Waals surface area contributed by atoms with Gasteiger partial charge < -0.3 is 10.6 Å². The van der Waals surface area contributed by atoms with E-state index in [4.69, 9.17) is 0 Å². The fourth-order valence-corrected chi connectivity index (χ4v) is 3.29. The van der Waals surface area contributed by atoms with Crippen molar-refractivity contribution in [1.82, 2.24) is 5.32 Å². The van der Waals surface area contributed by atoms with Crippen LogP contribution in [0, 0.1) is 11.8 Å². The van der Waals surface area contributed by atoms with Gasteiger partial charge in [-0.25, -0.2) is 0 Å². The van der Waals surface area contributed by atoms with Crippen LogP contribution in [0.15, 0.2) is 24.3 Å². The molecule has 1 fully saturated rings. The monoisotopic (exact) mass is 302 g/mol. The maximum atomic E-state index is 12.4. The van der Waals surface area contributed by atoms with E-state index in [-0.39, 0.29) is 11.9 Å². The number of rotatable bonds is 5. The summed E-state index contributed by atoms with van der Waals surface area (Å²) in [6.07, 6.45) is 4.76. The van der Waals surface area contributed by atoms with Crippen molar-refractivity contribution in [3.05, 3.63) is 29.8 Å². The topological polar surface area (TPSA) is 41.1 Å². The molecule has 0 aliphatic heterocycles. The predicted octanol–water partition coefficient (Wildman–Crippen LogP) is 3.99. The minimum Gasteiger partial charge on any atom is -0.325 e. The fourth-order valence-electron chi connectivity index (χ4n) is 3.29. The lowest BCUT2D eigenvalue weighted by Crippen LogP contribution is -2.49. The van der Waals surface area contributed by atoms with Crippen LogP contribution < -0.4 is 10.6 Å². The minimum atomic E-state index is -0.163. The van der Waals surface area contributed by atoms with Crippen molar-refractivity contribution in [3.8, 4) is 0 Å². The molecule has 1 aromatic carbocycles. The van der Waals surface area contributed by atoms with Crippen LogP contribution in [0.5, 0.6) is 0 Å². The molecule has 0 bridgehead atoms. The molecule has 0 saturated heterocycles. The standard InChI is InChI=1S/C19H30N2O/c1-5-16-9-11-17(12-10-16)21-19(22)15(4)20-18-8-6-7-13(2)14(18)3/h9-15,18,20H,5-8H2,1-4H3,(H,21,22)/t13-,14-,15+,18-/m0/s1. The number of carbonyl (C=O) groups is 1. The van der Waals surface area contributed by atoms with Gasteiger partial charge in [0.1, 0.15) is 0 Å². The summed E-state index contributed by atoms with van der Waals surface area (Å²) in [4.78, 5) is 12.4. The Morgan fingerprint density at radius 1 is 1.23 bits per heavy atom. The molecule has 0 aromatic heterocycles. The SMILES string of the molecule is CCc1ccc(NC(=O)[C@@H](C)N[C@H]2CCC[C@H](C)[C@@H]2C)cc1. The van der Waals surface area contributed by atoms with E-state index in [1.54, 1.807) is 0 Å². The number of benzene rings is 1. The van der Waals surface area contributed by atoms with Crippen LogP contribution in [0.1, 0.15) is 52.5 Å². The number of hydrogen-bond donors (Lipinski definition) is 2. The molecule has 1 saturated carbocycles. The Kier molecular flexibility index (Phi) is 6.01. The van der Waals surface area contributed by atoms with E-state index >= 15 is 0 Å². The third-order valence-electron chi connectivity index (χ3n) is 5.19. The van der Waals surface area contributed by atoms with Gasteiger partial charge in [-0.3, -0.25) is 4.79 Å². The average molecular weight is 302 g/mol.